The van der Waals surface area contributed by atoms with Gasteiger partial charge in [-0.1, -0.05) is 0 Å². The van der Waals surface area contributed by atoms with Crippen LogP contribution in [0.3, 0.4) is 0 Å². The molecule has 0 spiro atoms. The molecular weight excluding hydrogens is 116 g/mol. The highest BCUT2D eigenvalue weighted by molar-refractivity contribution is 5.76. The molecule has 1 rings (SSSR count). The first kappa shape index (κ1) is 6.55. The van der Waals surface area contributed by atoms with E-state index < -0.39 is 0 Å². The van der Waals surface area contributed by atoms with Gasteiger partial charge in [-0.2, -0.15) is 0 Å². The molecule has 1 aliphatic heterocycles. The van der Waals surface area contributed by atoms with Crippen LogP contribution in [-0.2, 0) is 4.79 Å². The third kappa shape index (κ3) is 2.01. The van der Waals surface area contributed by atoms with Crippen LogP contribution in [0.5, 0.6) is 0 Å². The second-order valence-corrected chi connectivity index (χ2v) is 2.44. The lowest BCUT2D eigenvalue weighted by atomic mass is 10.1. The van der Waals surface area contributed by atoms with E-state index in [0.29, 0.717) is 6.42 Å². The Kier molecular flexibility index (Phi) is 2.05. The van der Waals surface area contributed by atoms with E-state index in [1.165, 1.54) is 0 Å². The molecular formula is C6H12N2O. The number of carbonyl (C=O) groups excluding carboxylic acids is 1. The van der Waals surface area contributed by atoms with Crippen molar-refractivity contribution in [3.63, 3.8) is 0 Å². The molecule has 0 saturated carbocycles. The fourth-order valence-corrected chi connectivity index (χ4v) is 0.946. The topological polar surface area (TPSA) is 55.1 Å². The highest BCUT2D eigenvalue weighted by Gasteiger charge is 2.10. The second-order valence-electron chi connectivity index (χ2n) is 2.44. The minimum atomic E-state index is 0.142. The fourth-order valence-electron chi connectivity index (χ4n) is 0.946. The maximum Gasteiger partial charge on any atom is 0.220 e. The van der Waals surface area contributed by atoms with Crippen molar-refractivity contribution in [1.82, 2.24) is 5.32 Å². The Balaban J connectivity index is 2.34. The van der Waals surface area contributed by atoms with Crippen molar-refractivity contribution in [3.05, 3.63) is 0 Å². The fraction of sp³-hybridized carbons (Fsp3) is 0.833. The molecule has 0 radical (unpaired) electrons. The van der Waals surface area contributed by atoms with E-state index in [0.717, 1.165) is 19.4 Å². The molecule has 3 heteroatoms. The van der Waals surface area contributed by atoms with Gasteiger partial charge in [-0.25, -0.2) is 0 Å². The lowest BCUT2D eigenvalue weighted by molar-refractivity contribution is -0.120. The normalized spacial score (nSPS) is 29.0. The predicted molar refractivity (Wildman–Crippen MR) is 34.8 cm³/mol. The quantitative estimate of drug-likeness (QED) is 0.467. The molecule has 1 unspecified atom stereocenters. The zero-order valence-corrected chi connectivity index (χ0v) is 5.39. The minimum Gasteiger partial charge on any atom is -0.356 e. The first-order chi connectivity index (χ1) is 4.29. The van der Waals surface area contributed by atoms with Crippen LogP contribution >= 0.6 is 0 Å². The molecule has 9 heavy (non-hydrogen) atoms. The molecule has 1 aliphatic rings. The zero-order chi connectivity index (χ0) is 6.69. The summed E-state index contributed by atoms with van der Waals surface area (Å²) in [7, 11) is 0. The molecule has 1 atom stereocenters. The molecule has 0 aliphatic carbocycles. The van der Waals surface area contributed by atoms with Gasteiger partial charge in [-0.15, -0.1) is 0 Å². The maximum atomic E-state index is 10.7. The molecule has 1 heterocycles. The lowest BCUT2D eigenvalue weighted by Crippen LogP contribution is -2.23. The third-order valence-electron chi connectivity index (χ3n) is 1.58. The van der Waals surface area contributed by atoms with Gasteiger partial charge in [0.1, 0.15) is 0 Å². The van der Waals surface area contributed by atoms with E-state index in [2.05, 4.69) is 5.32 Å². The Labute approximate surface area is 54.6 Å². The van der Waals surface area contributed by atoms with Crippen molar-refractivity contribution >= 4 is 5.91 Å². The van der Waals surface area contributed by atoms with Crippen molar-refractivity contribution in [2.45, 2.75) is 25.3 Å². The van der Waals surface area contributed by atoms with Gasteiger partial charge in [-0.05, 0) is 12.8 Å². The number of rotatable bonds is 0. The highest BCUT2D eigenvalue weighted by Crippen LogP contribution is 2.01. The largest absolute Gasteiger partial charge is 0.356 e. The molecule has 1 amide bonds. The van der Waals surface area contributed by atoms with Crippen LogP contribution < -0.4 is 11.1 Å². The van der Waals surface area contributed by atoms with Gasteiger partial charge in [0.2, 0.25) is 5.91 Å². The van der Waals surface area contributed by atoms with Crippen molar-refractivity contribution < 1.29 is 4.79 Å². The molecule has 0 aromatic rings. The summed E-state index contributed by atoms with van der Waals surface area (Å²) >= 11 is 0. The number of nitrogens with one attached hydrogen (secondary N) is 1. The third-order valence-corrected chi connectivity index (χ3v) is 1.58. The smallest absolute Gasteiger partial charge is 0.220 e. The molecule has 1 fully saturated rings. The van der Waals surface area contributed by atoms with Crippen LogP contribution in [0.4, 0.5) is 0 Å². The van der Waals surface area contributed by atoms with E-state index in [4.69, 9.17) is 5.73 Å². The highest BCUT2D eigenvalue weighted by atomic mass is 16.1. The van der Waals surface area contributed by atoms with Gasteiger partial charge >= 0.3 is 0 Å². The Morgan fingerprint density at radius 1 is 1.56 bits per heavy atom. The van der Waals surface area contributed by atoms with E-state index >= 15 is 0 Å². The Hall–Kier alpha value is -0.570. The van der Waals surface area contributed by atoms with Crippen LogP contribution in [0.1, 0.15) is 19.3 Å². The number of hydrogen-bond donors (Lipinski definition) is 2. The molecule has 0 aromatic heterocycles. The lowest BCUT2D eigenvalue weighted by Gasteiger charge is -2.02. The van der Waals surface area contributed by atoms with E-state index in [9.17, 15) is 4.79 Å². The summed E-state index contributed by atoms with van der Waals surface area (Å²) in [4.78, 5) is 10.7. The first-order valence-electron chi connectivity index (χ1n) is 3.31. The number of nitrogens with two attached hydrogens (primary N) is 1. The van der Waals surface area contributed by atoms with Crippen LogP contribution in [0, 0.1) is 0 Å². The van der Waals surface area contributed by atoms with Crippen LogP contribution in [0.2, 0.25) is 0 Å². The Bertz CT molecular complexity index is 114. The minimum absolute atomic E-state index is 0.142. The molecule has 0 aromatic carbocycles. The van der Waals surface area contributed by atoms with Crippen molar-refractivity contribution in [3.8, 4) is 0 Å². The van der Waals surface area contributed by atoms with Gasteiger partial charge < -0.3 is 11.1 Å². The van der Waals surface area contributed by atoms with Crippen LogP contribution in [-0.4, -0.2) is 18.5 Å². The summed E-state index contributed by atoms with van der Waals surface area (Å²) in [6.45, 7) is 0.750. The van der Waals surface area contributed by atoms with Gasteiger partial charge in [-0.3, -0.25) is 4.79 Å². The van der Waals surface area contributed by atoms with Crippen LogP contribution in [0.25, 0.3) is 0 Å². The average Bonchev–Trinajstić information content (AvgIpc) is 1.97. The Morgan fingerprint density at radius 3 is 3.11 bits per heavy atom. The molecule has 52 valence electrons. The van der Waals surface area contributed by atoms with Gasteiger partial charge in [0.15, 0.2) is 0 Å². The molecule has 3 N–H and O–H groups in total. The predicted octanol–water partition coefficient (Wildman–Crippen LogP) is -0.386. The van der Waals surface area contributed by atoms with Crippen molar-refractivity contribution in [2.75, 3.05) is 6.54 Å². The monoisotopic (exact) mass is 128 g/mol. The summed E-state index contributed by atoms with van der Waals surface area (Å²) in [6.07, 6.45) is 2.36. The van der Waals surface area contributed by atoms with Gasteiger partial charge in [0, 0.05) is 19.0 Å². The summed E-state index contributed by atoms with van der Waals surface area (Å²) in [5.74, 6) is 0.142. The molecule has 1 saturated heterocycles. The molecule has 3 nitrogen and oxygen atoms in total. The summed E-state index contributed by atoms with van der Waals surface area (Å²) in [6, 6.07) is 0.226. The van der Waals surface area contributed by atoms with E-state index in [-0.39, 0.29) is 11.9 Å². The van der Waals surface area contributed by atoms with E-state index in [1.54, 1.807) is 0 Å². The molecule has 0 bridgehead atoms. The Morgan fingerprint density at radius 2 is 2.33 bits per heavy atom. The maximum absolute atomic E-state index is 10.7. The van der Waals surface area contributed by atoms with Gasteiger partial charge in [0.05, 0.1) is 0 Å². The first-order valence-corrected chi connectivity index (χ1v) is 3.31. The SMILES string of the molecule is NC1CCNC(=O)CC1. The summed E-state index contributed by atoms with van der Waals surface area (Å²) in [5.41, 5.74) is 5.60. The number of hydrogen-bond acceptors (Lipinski definition) is 2. The average molecular weight is 128 g/mol. The van der Waals surface area contributed by atoms with Gasteiger partial charge in [0.25, 0.3) is 0 Å². The van der Waals surface area contributed by atoms with Crippen LogP contribution in [0.15, 0.2) is 0 Å². The number of carbonyl (C=O) groups is 1. The van der Waals surface area contributed by atoms with E-state index in [1.807, 2.05) is 0 Å². The standard InChI is InChI=1S/C6H12N2O/c7-5-1-2-6(9)8-4-3-5/h5H,1-4,7H2,(H,8,9). The zero-order valence-electron chi connectivity index (χ0n) is 5.39. The number of amides is 1. The summed E-state index contributed by atoms with van der Waals surface area (Å²) in [5, 5.41) is 2.76. The van der Waals surface area contributed by atoms with Crippen molar-refractivity contribution in [1.29, 1.82) is 0 Å². The van der Waals surface area contributed by atoms with Crippen molar-refractivity contribution in [2.24, 2.45) is 5.73 Å². The second kappa shape index (κ2) is 2.82. The summed E-state index contributed by atoms with van der Waals surface area (Å²) < 4.78 is 0.